The molecule has 3 heteroatoms. The van der Waals surface area contributed by atoms with Crippen LogP contribution in [0.2, 0.25) is 0 Å². The number of benzene rings is 2. The van der Waals surface area contributed by atoms with Gasteiger partial charge in [-0.05, 0) is 11.6 Å². The van der Waals surface area contributed by atoms with E-state index in [1.165, 1.54) is 0 Å². The molecule has 1 heterocycles. The quantitative estimate of drug-likeness (QED) is 0.810. The minimum Gasteiger partial charge on any atom is -0.387 e. The minimum absolute atomic E-state index is 0.00998. The van der Waals surface area contributed by atoms with Crippen molar-refractivity contribution in [1.82, 2.24) is 0 Å². The van der Waals surface area contributed by atoms with E-state index in [4.69, 9.17) is 4.84 Å². The normalized spacial score (nSPS) is 18.3. The van der Waals surface area contributed by atoms with E-state index in [2.05, 4.69) is 39.3 Å². The zero-order valence-corrected chi connectivity index (χ0v) is 11.3. The van der Waals surface area contributed by atoms with Gasteiger partial charge in [-0.3, -0.25) is 0 Å². The van der Waals surface area contributed by atoms with E-state index in [9.17, 15) is 0 Å². The van der Waals surface area contributed by atoms with Crippen molar-refractivity contribution in [3.63, 3.8) is 0 Å². The van der Waals surface area contributed by atoms with Crippen molar-refractivity contribution >= 4 is 21.6 Å². The number of nitrogens with zero attached hydrogens (tertiary/aromatic N) is 1. The summed E-state index contributed by atoms with van der Waals surface area (Å²) in [6, 6.07) is 18.3. The van der Waals surface area contributed by atoms with Crippen molar-refractivity contribution in [2.24, 2.45) is 5.16 Å². The van der Waals surface area contributed by atoms with Crippen molar-refractivity contribution in [3.8, 4) is 0 Å². The summed E-state index contributed by atoms with van der Waals surface area (Å²) in [7, 11) is 0. The largest absolute Gasteiger partial charge is 0.387 e. The molecule has 1 atom stereocenters. The maximum absolute atomic E-state index is 5.54. The fourth-order valence-electron chi connectivity index (χ4n) is 2.08. The molecule has 0 amide bonds. The van der Waals surface area contributed by atoms with Crippen molar-refractivity contribution < 1.29 is 4.84 Å². The molecule has 0 saturated carbocycles. The van der Waals surface area contributed by atoms with Gasteiger partial charge in [0.25, 0.3) is 0 Å². The van der Waals surface area contributed by atoms with Gasteiger partial charge in [0.2, 0.25) is 0 Å². The molecular formula is C15H12BrNO. The molecule has 0 bridgehead atoms. The molecular weight excluding hydrogens is 290 g/mol. The predicted octanol–water partition coefficient (Wildman–Crippen LogP) is 4.31. The number of rotatable bonds is 2. The second-order valence-corrected chi connectivity index (χ2v) is 5.08. The number of oxime groups is 1. The summed E-state index contributed by atoms with van der Waals surface area (Å²) in [6.45, 7) is 0. The lowest BCUT2D eigenvalue weighted by atomic mass is 10.0. The molecule has 0 saturated heterocycles. The lowest BCUT2D eigenvalue weighted by Crippen LogP contribution is -2.01. The number of halogens is 1. The molecule has 0 N–H and O–H groups in total. The Morgan fingerprint density at radius 1 is 1.00 bits per heavy atom. The van der Waals surface area contributed by atoms with Crippen LogP contribution in [0.25, 0.3) is 0 Å². The molecule has 0 radical (unpaired) electrons. The second kappa shape index (κ2) is 4.94. The van der Waals surface area contributed by atoms with Gasteiger partial charge in [0.15, 0.2) is 6.10 Å². The molecule has 90 valence electrons. The Kier molecular flexibility index (Phi) is 3.15. The Hall–Kier alpha value is -1.61. The lowest BCUT2D eigenvalue weighted by Gasteiger charge is -2.10. The van der Waals surface area contributed by atoms with E-state index < -0.39 is 0 Å². The summed E-state index contributed by atoms with van der Waals surface area (Å²) < 4.78 is 1.07. The van der Waals surface area contributed by atoms with E-state index in [-0.39, 0.29) is 6.10 Å². The van der Waals surface area contributed by atoms with Gasteiger partial charge < -0.3 is 4.84 Å². The van der Waals surface area contributed by atoms with Gasteiger partial charge in [0.1, 0.15) is 0 Å². The van der Waals surface area contributed by atoms with Gasteiger partial charge >= 0.3 is 0 Å². The first kappa shape index (κ1) is 11.5. The summed E-state index contributed by atoms with van der Waals surface area (Å²) in [5, 5.41) is 4.20. The van der Waals surface area contributed by atoms with Gasteiger partial charge in [0, 0.05) is 16.5 Å². The topological polar surface area (TPSA) is 21.6 Å². The van der Waals surface area contributed by atoms with Gasteiger partial charge in [0.05, 0.1) is 5.71 Å². The van der Waals surface area contributed by atoms with Crippen LogP contribution >= 0.6 is 15.9 Å². The Balaban J connectivity index is 1.81. The van der Waals surface area contributed by atoms with Crippen LogP contribution in [0, 0.1) is 0 Å². The van der Waals surface area contributed by atoms with Crippen LogP contribution in [0.3, 0.4) is 0 Å². The van der Waals surface area contributed by atoms with Crippen LogP contribution in [0.15, 0.2) is 64.2 Å². The average molecular weight is 302 g/mol. The summed E-state index contributed by atoms with van der Waals surface area (Å²) in [5.74, 6) is 0. The van der Waals surface area contributed by atoms with Gasteiger partial charge in [-0.1, -0.05) is 69.6 Å². The SMILES string of the molecule is Brc1ccccc1C1CC(c2ccccc2)=NO1. The third-order valence-electron chi connectivity index (χ3n) is 3.03. The molecule has 18 heavy (non-hydrogen) atoms. The third kappa shape index (κ3) is 2.18. The average Bonchev–Trinajstić information content (AvgIpc) is 2.90. The second-order valence-electron chi connectivity index (χ2n) is 4.22. The van der Waals surface area contributed by atoms with Crippen LogP contribution < -0.4 is 0 Å². The fraction of sp³-hybridized carbons (Fsp3) is 0.133. The van der Waals surface area contributed by atoms with E-state index in [1.807, 2.05) is 36.4 Å². The zero-order valence-electron chi connectivity index (χ0n) is 9.71. The van der Waals surface area contributed by atoms with Gasteiger partial charge in [-0.2, -0.15) is 0 Å². The lowest BCUT2D eigenvalue weighted by molar-refractivity contribution is 0.0852. The van der Waals surface area contributed by atoms with Crippen molar-refractivity contribution in [2.45, 2.75) is 12.5 Å². The predicted molar refractivity (Wildman–Crippen MR) is 75.6 cm³/mol. The molecule has 0 aliphatic carbocycles. The van der Waals surface area contributed by atoms with Crippen LogP contribution in [0.1, 0.15) is 23.7 Å². The molecule has 2 nitrogen and oxygen atoms in total. The Labute approximate surface area is 114 Å². The highest BCUT2D eigenvalue weighted by Crippen LogP contribution is 2.33. The Bertz CT molecular complexity index is 580. The molecule has 2 aromatic rings. The highest BCUT2D eigenvalue weighted by molar-refractivity contribution is 9.10. The molecule has 1 aliphatic heterocycles. The molecule has 2 aromatic carbocycles. The molecule has 1 aliphatic rings. The molecule has 0 spiro atoms. The summed E-state index contributed by atoms with van der Waals surface area (Å²) in [4.78, 5) is 5.54. The van der Waals surface area contributed by atoms with Gasteiger partial charge in [-0.25, -0.2) is 0 Å². The number of hydrogen-bond acceptors (Lipinski definition) is 2. The van der Waals surface area contributed by atoms with Crippen molar-refractivity contribution in [1.29, 1.82) is 0 Å². The van der Waals surface area contributed by atoms with Crippen molar-refractivity contribution in [2.75, 3.05) is 0 Å². The highest BCUT2D eigenvalue weighted by atomic mass is 79.9. The molecule has 0 aromatic heterocycles. The van der Waals surface area contributed by atoms with E-state index in [0.29, 0.717) is 0 Å². The van der Waals surface area contributed by atoms with Crippen LogP contribution in [-0.4, -0.2) is 5.71 Å². The highest BCUT2D eigenvalue weighted by Gasteiger charge is 2.24. The summed E-state index contributed by atoms with van der Waals surface area (Å²) in [6.07, 6.45) is 0.822. The summed E-state index contributed by atoms with van der Waals surface area (Å²) in [5.41, 5.74) is 3.29. The maximum Gasteiger partial charge on any atom is 0.159 e. The number of hydrogen-bond donors (Lipinski definition) is 0. The molecule has 0 fully saturated rings. The first-order valence-corrected chi connectivity index (χ1v) is 6.66. The van der Waals surface area contributed by atoms with Gasteiger partial charge in [-0.15, -0.1) is 0 Å². The smallest absolute Gasteiger partial charge is 0.159 e. The van der Waals surface area contributed by atoms with Crippen LogP contribution in [0.4, 0.5) is 0 Å². The first-order chi connectivity index (χ1) is 8.84. The molecule has 1 unspecified atom stereocenters. The third-order valence-corrected chi connectivity index (χ3v) is 3.75. The Morgan fingerprint density at radius 2 is 1.72 bits per heavy atom. The minimum atomic E-state index is 0.00998. The maximum atomic E-state index is 5.54. The van der Waals surface area contributed by atoms with E-state index in [0.717, 1.165) is 27.7 Å². The standard InChI is InChI=1S/C15H12BrNO/c16-13-9-5-4-8-12(13)15-10-14(17-18-15)11-6-2-1-3-7-11/h1-9,15H,10H2. The zero-order chi connectivity index (χ0) is 12.4. The first-order valence-electron chi connectivity index (χ1n) is 5.87. The Morgan fingerprint density at radius 3 is 2.50 bits per heavy atom. The van der Waals surface area contributed by atoms with Crippen LogP contribution in [-0.2, 0) is 4.84 Å². The monoisotopic (exact) mass is 301 g/mol. The summed E-state index contributed by atoms with van der Waals surface area (Å²) >= 11 is 3.55. The van der Waals surface area contributed by atoms with E-state index in [1.54, 1.807) is 0 Å². The van der Waals surface area contributed by atoms with E-state index >= 15 is 0 Å². The fourth-order valence-corrected chi connectivity index (χ4v) is 2.62. The van der Waals surface area contributed by atoms with Crippen LogP contribution in [0.5, 0.6) is 0 Å². The van der Waals surface area contributed by atoms with Crippen molar-refractivity contribution in [3.05, 3.63) is 70.2 Å². The molecule has 3 rings (SSSR count).